The van der Waals surface area contributed by atoms with Crippen molar-refractivity contribution < 1.29 is 0 Å². The van der Waals surface area contributed by atoms with Gasteiger partial charge in [-0.1, -0.05) is 24.3 Å². The number of hydrogen-bond acceptors (Lipinski definition) is 3. The summed E-state index contributed by atoms with van der Waals surface area (Å²) in [6.07, 6.45) is 2.33. The van der Waals surface area contributed by atoms with Gasteiger partial charge in [0.2, 0.25) is 0 Å². The van der Waals surface area contributed by atoms with Crippen LogP contribution in [0.1, 0.15) is 29.9 Å². The molecule has 2 heterocycles. The zero-order chi connectivity index (χ0) is 14.9. The van der Waals surface area contributed by atoms with E-state index < -0.39 is 0 Å². The van der Waals surface area contributed by atoms with E-state index in [1.54, 1.807) is 0 Å². The average Bonchev–Trinajstić information content (AvgIpc) is 2.76. The number of anilines is 1. The monoisotopic (exact) mass is 289 g/mol. The Kier molecular flexibility index (Phi) is 3.32. The second-order valence-electron chi connectivity index (χ2n) is 6.14. The quantitative estimate of drug-likeness (QED) is 0.845. The Bertz CT molecular complexity index is 745. The average molecular weight is 289 g/mol. The fourth-order valence-corrected chi connectivity index (χ4v) is 3.86. The van der Waals surface area contributed by atoms with E-state index >= 15 is 0 Å². The molecule has 2 atom stereocenters. The number of benzene rings is 2. The Morgan fingerprint density at radius 2 is 1.91 bits per heavy atom. The molecule has 2 aromatic carbocycles. The van der Waals surface area contributed by atoms with Crippen molar-refractivity contribution in [2.24, 2.45) is 0 Å². The number of nitriles is 1. The van der Waals surface area contributed by atoms with Crippen molar-refractivity contribution >= 4 is 5.69 Å². The van der Waals surface area contributed by atoms with Gasteiger partial charge in [-0.2, -0.15) is 5.26 Å². The minimum Gasteiger partial charge on any atom is -0.381 e. The van der Waals surface area contributed by atoms with Crippen molar-refractivity contribution in [1.29, 1.82) is 5.26 Å². The van der Waals surface area contributed by atoms with Crippen LogP contribution in [0, 0.1) is 11.3 Å². The second kappa shape index (κ2) is 5.47. The molecule has 0 aromatic heterocycles. The molecule has 2 N–H and O–H groups in total. The maximum atomic E-state index is 9.16. The summed E-state index contributed by atoms with van der Waals surface area (Å²) in [4.78, 5) is 0. The van der Waals surface area contributed by atoms with Crippen molar-refractivity contribution in [3.8, 4) is 17.2 Å². The van der Waals surface area contributed by atoms with Gasteiger partial charge in [-0.05, 0) is 60.8 Å². The fourth-order valence-electron chi connectivity index (χ4n) is 3.86. The Morgan fingerprint density at radius 3 is 2.82 bits per heavy atom. The van der Waals surface area contributed by atoms with E-state index in [4.69, 9.17) is 5.26 Å². The number of fused-ring (bicyclic) bond motifs is 3. The van der Waals surface area contributed by atoms with Gasteiger partial charge in [-0.15, -0.1) is 0 Å². The Labute approximate surface area is 131 Å². The number of hydrogen-bond donors (Lipinski definition) is 2. The third kappa shape index (κ3) is 2.17. The van der Waals surface area contributed by atoms with Crippen LogP contribution in [0.4, 0.5) is 5.69 Å². The molecule has 22 heavy (non-hydrogen) atoms. The largest absolute Gasteiger partial charge is 0.381 e. The van der Waals surface area contributed by atoms with Gasteiger partial charge in [0.1, 0.15) is 0 Å². The molecule has 2 aliphatic rings. The predicted octanol–water partition coefficient (Wildman–Crippen LogP) is 3.49. The lowest BCUT2D eigenvalue weighted by Gasteiger charge is -2.18. The Balaban J connectivity index is 1.83. The van der Waals surface area contributed by atoms with E-state index in [0.717, 1.165) is 30.6 Å². The minimum atomic E-state index is 0.533. The van der Waals surface area contributed by atoms with Gasteiger partial charge in [0.25, 0.3) is 0 Å². The van der Waals surface area contributed by atoms with Crippen LogP contribution >= 0.6 is 0 Å². The summed E-state index contributed by atoms with van der Waals surface area (Å²) in [5, 5.41) is 16.4. The molecule has 2 aliphatic heterocycles. The van der Waals surface area contributed by atoms with Crippen LogP contribution in [-0.4, -0.2) is 19.1 Å². The molecular formula is C19H19N3. The van der Waals surface area contributed by atoms with Crippen LogP contribution in [0.5, 0.6) is 0 Å². The van der Waals surface area contributed by atoms with Crippen molar-refractivity contribution in [2.75, 3.05) is 18.4 Å². The Morgan fingerprint density at radius 1 is 1.05 bits per heavy atom. The molecule has 1 saturated heterocycles. The molecule has 0 radical (unpaired) electrons. The standard InChI is InChI=1S/C19H19N3/c20-12-13-3-1-4-14(11-13)15-5-2-6-18-19(15)16-7-9-21-10-8-17(16)22-18/h1-6,11,16-17,21-22H,7-10H2. The van der Waals surface area contributed by atoms with Crippen LogP contribution in [0.15, 0.2) is 42.5 Å². The molecule has 3 heteroatoms. The molecule has 3 nitrogen and oxygen atoms in total. The normalized spacial score (nSPS) is 22.9. The van der Waals surface area contributed by atoms with E-state index in [2.05, 4.69) is 41.0 Å². The zero-order valence-corrected chi connectivity index (χ0v) is 12.5. The lowest BCUT2D eigenvalue weighted by Crippen LogP contribution is -2.21. The summed E-state index contributed by atoms with van der Waals surface area (Å²) in [6.45, 7) is 2.16. The summed E-state index contributed by atoms with van der Waals surface area (Å²) in [5.74, 6) is 0.562. The molecule has 0 aliphatic carbocycles. The minimum absolute atomic E-state index is 0.533. The van der Waals surface area contributed by atoms with E-state index in [9.17, 15) is 0 Å². The fraction of sp³-hybridized carbons (Fsp3) is 0.316. The van der Waals surface area contributed by atoms with Gasteiger partial charge >= 0.3 is 0 Å². The van der Waals surface area contributed by atoms with Gasteiger partial charge in [0.15, 0.2) is 0 Å². The van der Waals surface area contributed by atoms with Gasteiger partial charge in [0.05, 0.1) is 11.6 Å². The molecule has 0 spiro atoms. The molecule has 0 saturated carbocycles. The van der Waals surface area contributed by atoms with Crippen LogP contribution < -0.4 is 10.6 Å². The van der Waals surface area contributed by atoms with Crippen molar-refractivity contribution in [2.45, 2.75) is 24.8 Å². The van der Waals surface area contributed by atoms with E-state index in [1.165, 1.54) is 23.2 Å². The highest BCUT2D eigenvalue weighted by molar-refractivity contribution is 5.78. The first kappa shape index (κ1) is 13.4. The summed E-state index contributed by atoms with van der Waals surface area (Å²) >= 11 is 0. The predicted molar refractivity (Wildman–Crippen MR) is 88.8 cm³/mol. The third-order valence-corrected chi connectivity index (χ3v) is 4.87. The highest BCUT2D eigenvalue weighted by atomic mass is 15.0. The SMILES string of the molecule is N#Cc1cccc(-c2cccc3c2C2CCNCCC2N3)c1. The van der Waals surface area contributed by atoms with Crippen molar-refractivity contribution in [3.05, 3.63) is 53.6 Å². The molecular weight excluding hydrogens is 270 g/mol. The smallest absolute Gasteiger partial charge is 0.0991 e. The van der Waals surface area contributed by atoms with Gasteiger partial charge in [-0.3, -0.25) is 0 Å². The third-order valence-electron chi connectivity index (χ3n) is 4.87. The topological polar surface area (TPSA) is 47.9 Å². The summed E-state index contributed by atoms with van der Waals surface area (Å²) in [6, 6.07) is 17.2. The highest BCUT2D eigenvalue weighted by Gasteiger charge is 2.34. The molecule has 1 fully saturated rings. The van der Waals surface area contributed by atoms with E-state index in [1.807, 2.05) is 18.2 Å². The summed E-state index contributed by atoms with van der Waals surface area (Å²) in [5.41, 5.74) is 5.86. The van der Waals surface area contributed by atoms with Gasteiger partial charge in [0, 0.05) is 17.6 Å². The maximum Gasteiger partial charge on any atom is 0.0991 e. The van der Waals surface area contributed by atoms with E-state index in [0.29, 0.717) is 12.0 Å². The van der Waals surface area contributed by atoms with Crippen molar-refractivity contribution in [3.63, 3.8) is 0 Å². The number of nitrogens with one attached hydrogen (secondary N) is 2. The maximum absolute atomic E-state index is 9.16. The number of rotatable bonds is 1. The molecule has 0 bridgehead atoms. The molecule has 2 unspecified atom stereocenters. The van der Waals surface area contributed by atoms with Crippen molar-refractivity contribution in [1.82, 2.24) is 5.32 Å². The van der Waals surface area contributed by atoms with Gasteiger partial charge < -0.3 is 10.6 Å². The van der Waals surface area contributed by atoms with Gasteiger partial charge in [-0.25, -0.2) is 0 Å². The summed E-state index contributed by atoms with van der Waals surface area (Å²) in [7, 11) is 0. The van der Waals surface area contributed by atoms with Crippen LogP contribution in [-0.2, 0) is 0 Å². The first-order valence-corrected chi connectivity index (χ1v) is 7.97. The lowest BCUT2D eigenvalue weighted by atomic mass is 9.85. The second-order valence-corrected chi connectivity index (χ2v) is 6.14. The Hall–Kier alpha value is -2.31. The lowest BCUT2D eigenvalue weighted by molar-refractivity contribution is 0.579. The highest BCUT2D eigenvalue weighted by Crippen LogP contribution is 2.45. The zero-order valence-electron chi connectivity index (χ0n) is 12.5. The first-order chi connectivity index (χ1) is 10.9. The molecule has 4 rings (SSSR count). The molecule has 110 valence electrons. The summed E-state index contributed by atoms with van der Waals surface area (Å²) < 4.78 is 0. The van der Waals surface area contributed by atoms with Crippen LogP contribution in [0.25, 0.3) is 11.1 Å². The number of nitrogens with zero attached hydrogens (tertiary/aromatic N) is 1. The van der Waals surface area contributed by atoms with E-state index in [-0.39, 0.29) is 0 Å². The molecule has 0 amide bonds. The molecule has 2 aromatic rings. The van der Waals surface area contributed by atoms with Crippen LogP contribution in [0.2, 0.25) is 0 Å². The van der Waals surface area contributed by atoms with Crippen LogP contribution in [0.3, 0.4) is 0 Å². The first-order valence-electron chi connectivity index (χ1n) is 7.97.